The third kappa shape index (κ3) is 6.11. The predicted molar refractivity (Wildman–Crippen MR) is 184 cm³/mol. The van der Waals surface area contributed by atoms with Crippen LogP contribution in [0.2, 0.25) is 0 Å². The summed E-state index contributed by atoms with van der Waals surface area (Å²) in [5.74, 6) is 0.718. The molecule has 15 heteroatoms. The number of hydrogen-bond donors (Lipinski definition) is 3. The zero-order valence-electron chi connectivity index (χ0n) is 30.0. The Bertz CT molecular complexity index is 1790. The van der Waals surface area contributed by atoms with Gasteiger partial charge in [-0.2, -0.15) is 5.26 Å². The first kappa shape index (κ1) is 38.4. The van der Waals surface area contributed by atoms with Crippen LogP contribution in [0.25, 0.3) is 0 Å². The molecule has 0 aliphatic carbocycles. The summed E-state index contributed by atoms with van der Waals surface area (Å²) in [6, 6.07) is 0.844. The summed E-state index contributed by atoms with van der Waals surface area (Å²) < 4.78 is 29.8. The van der Waals surface area contributed by atoms with Gasteiger partial charge in [0.2, 0.25) is 12.7 Å². The fourth-order valence-corrected chi connectivity index (χ4v) is 10.0. The second-order valence-corrected chi connectivity index (χ2v) is 15.4. The van der Waals surface area contributed by atoms with Gasteiger partial charge in [0.25, 0.3) is 0 Å². The number of hydrogen-bond acceptors (Lipinski definition) is 13. The number of aryl methyl sites for hydroxylation is 1. The topological polar surface area (TPSA) is 169 Å². The number of aromatic hydroxyl groups is 1. The van der Waals surface area contributed by atoms with E-state index >= 15 is 0 Å². The van der Waals surface area contributed by atoms with Crippen LogP contribution in [0, 0.1) is 82.1 Å². The molecule has 1 amide bonds. The molecule has 2 aromatic carbocycles. The van der Waals surface area contributed by atoms with Crippen molar-refractivity contribution in [3.05, 3.63) is 45.0 Å². The molecule has 271 valence electrons. The second kappa shape index (κ2) is 14.9. The van der Waals surface area contributed by atoms with Crippen LogP contribution < -0.4 is 25.3 Å². The fraction of sp³-hybridized carbons (Fsp3) is 0.583. The Morgan fingerprint density at radius 3 is 2.59 bits per heavy atom. The van der Waals surface area contributed by atoms with Gasteiger partial charge < -0.3 is 39.8 Å². The number of ether oxygens (including phenoxy) is 5. The average molecular weight is 935 g/mol. The van der Waals surface area contributed by atoms with Crippen molar-refractivity contribution in [2.75, 3.05) is 40.1 Å². The van der Waals surface area contributed by atoms with E-state index in [9.17, 15) is 20.0 Å². The van der Waals surface area contributed by atoms with Crippen LogP contribution in [0.15, 0.2) is 6.07 Å². The van der Waals surface area contributed by atoms with Crippen molar-refractivity contribution < 1.29 is 82.4 Å². The van der Waals surface area contributed by atoms with Crippen molar-refractivity contribution >= 4 is 23.6 Å². The number of nitrogens with zero attached hydrogens (tertiary/aromatic N) is 3. The van der Waals surface area contributed by atoms with E-state index in [-0.39, 0.29) is 93.8 Å². The van der Waals surface area contributed by atoms with E-state index in [1.54, 1.807) is 14.0 Å². The molecule has 5 aliphatic heterocycles. The number of nitrogens with one attached hydrogen (secondary N) is 1. The zero-order valence-corrected chi connectivity index (χ0v) is 35.6. The minimum Gasteiger partial charge on any atom is -0.507 e. The number of carbonyl (C=O) groups is 2. The zero-order chi connectivity index (χ0) is 35.8. The first-order chi connectivity index (χ1) is 23.9. The van der Waals surface area contributed by atoms with E-state index in [0.29, 0.717) is 34.6 Å². The van der Waals surface area contributed by atoms with E-state index in [1.165, 1.54) is 11.8 Å². The number of carbonyl (C=O) groups excluding carboxylic acids is 2. The minimum absolute atomic E-state index is 0. The smallest absolute Gasteiger partial charge is 0.329 e. The number of likely N-dealkylation sites (N-methyl/N-ethyl adjacent to an activating group) is 1. The molecule has 5 aliphatic rings. The number of piperazine rings is 1. The van der Waals surface area contributed by atoms with Crippen LogP contribution in [-0.4, -0.2) is 97.1 Å². The van der Waals surface area contributed by atoms with Crippen LogP contribution in [0.3, 0.4) is 0 Å². The van der Waals surface area contributed by atoms with Gasteiger partial charge >= 0.3 is 5.97 Å². The molecule has 51 heavy (non-hydrogen) atoms. The molecule has 0 aromatic heterocycles. The Kier molecular flexibility index (Phi) is 11.2. The van der Waals surface area contributed by atoms with E-state index in [2.05, 4.69) is 41.2 Å². The normalized spacial score (nSPS) is 28.4. The van der Waals surface area contributed by atoms with Crippen molar-refractivity contribution in [3.63, 3.8) is 0 Å². The van der Waals surface area contributed by atoms with Crippen molar-refractivity contribution in [3.8, 4) is 29.1 Å². The Hall–Kier alpha value is -2.30. The van der Waals surface area contributed by atoms with E-state index in [4.69, 9.17) is 29.4 Å². The summed E-state index contributed by atoms with van der Waals surface area (Å²) in [4.78, 5) is 31.3. The molecule has 13 nitrogen and oxygen atoms in total. The number of phenols is 1. The van der Waals surface area contributed by atoms with Crippen molar-refractivity contribution in [1.29, 1.82) is 5.26 Å². The van der Waals surface area contributed by atoms with Crippen molar-refractivity contribution in [2.45, 2.75) is 88.6 Å². The SMILES string of the molecule is COCOc1c(C)c(C)cc2c1[C@@H]1C3[C@@H]4SCC(NC(=O)C(N)C(C)C)C(=O)OC[C@@H](c5c6c(c(C)c(O)c54)OCO6)N3[C@@H](C#N)[C@H](C2)N1C.[Ac]. The molecule has 8 atom stereocenters. The maximum absolute atomic E-state index is 13.7. The largest absolute Gasteiger partial charge is 0.507 e. The molecular weight excluding hydrogens is 889 g/mol. The summed E-state index contributed by atoms with van der Waals surface area (Å²) in [6.07, 6.45) is 0.604. The summed E-state index contributed by atoms with van der Waals surface area (Å²) in [7, 11) is 3.64. The molecule has 5 heterocycles. The summed E-state index contributed by atoms with van der Waals surface area (Å²) in [5, 5.41) is 25.4. The van der Waals surface area contributed by atoms with Gasteiger partial charge in [0.15, 0.2) is 18.3 Å². The number of thioether (sulfide) groups is 1. The fourth-order valence-electron chi connectivity index (χ4n) is 8.53. The monoisotopic (exact) mass is 934 g/mol. The van der Waals surface area contributed by atoms with Gasteiger partial charge in [0, 0.05) is 91.3 Å². The molecular formula is C36H45AcN5O8S. The van der Waals surface area contributed by atoms with Gasteiger partial charge in [-0.1, -0.05) is 19.9 Å². The first-order valence-electron chi connectivity index (χ1n) is 17.0. The van der Waals surface area contributed by atoms with Crippen molar-refractivity contribution in [1.82, 2.24) is 15.1 Å². The van der Waals surface area contributed by atoms with E-state index in [0.717, 1.165) is 28.0 Å². The number of rotatable bonds is 6. The Morgan fingerprint density at radius 1 is 1.18 bits per heavy atom. The molecule has 1 radical (unpaired) electrons. The number of nitriles is 1. The number of esters is 1. The third-order valence-electron chi connectivity index (χ3n) is 11.2. The maximum atomic E-state index is 13.7. The number of methoxy groups -OCH3 is 1. The molecule has 7 rings (SSSR count). The Morgan fingerprint density at radius 2 is 1.90 bits per heavy atom. The Labute approximate surface area is 338 Å². The minimum atomic E-state index is -0.990. The number of fused-ring (bicyclic) bond motifs is 9. The maximum Gasteiger partial charge on any atom is 0.329 e. The van der Waals surface area contributed by atoms with Crippen LogP contribution in [-0.2, 0) is 25.5 Å². The average Bonchev–Trinajstić information content (AvgIpc) is 3.58. The molecule has 2 aromatic rings. The summed E-state index contributed by atoms with van der Waals surface area (Å²) in [6.45, 7) is 9.49. The van der Waals surface area contributed by atoms with Crippen LogP contribution in [0.4, 0.5) is 0 Å². The van der Waals surface area contributed by atoms with Crippen LogP contribution in [0.1, 0.15) is 70.1 Å². The third-order valence-corrected chi connectivity index (χ3v) is 12.6. The van der Waals surface area contributed by atoms with Gasteiger partial charge in [-0.25, -0.2) is 4.79 Å². The Balaban J connectivity index is 0.00000448. The number of cyclic esters (lactones) is 1. The number of phenolic OH excluding ortho intramolecular Hbond substituents is 1. The van der Waals surface area contributed by atoms with Gasteiger partial charge in [0.1, 0.15) is 30.2 Å². The molecule has 0 saturated carbocycles. The molecule has 4 bridgehead atoms. The van der Waals surface area contributed by atoms with Gasteiger partial charge in [-0.3, -0.25) is 14.6 Å². The standard InChI is InChI=1S/C36H45N5O8S.Ac/c1-15(2)27(38)35(43)39-20-12-50-34-26-25(33-32(48-14-49-33)18(5)30(26)42)23(11-46-36(20)44)41-22(10-37)21-9-19-8-16(3)17(4)31(47-13-45-7)24(19)28(29(34)41)40(21)6;/h8,15,20-23,27-29,34,42H,9,11-14,38H2,1-7H3,(H,39,43);/t20?,21-,22-,23-,27?,28+,29?,34+;/m0./s1. The number of amides is 1. The molecule has 2 saturated heterocycles. The number of benzene rings is 2. The van der Waals surface area contributed by atoms with Crippen LogP contribution >= 0.6 is 11.8 Å². The molecule has 4 N–H and O–H groups in total. The second-order valence-electron chi connectivity index (χ2n) is 14.3. The first-order valence-corrected chi connectivity index (χ1v) is 18.1. The predicted octanol–water partition coefficient (Wildman–Crippen LogP) is 3.06. The number of nitrogens with two attached hydrogens (primary N) is 1. The van der Waals surface area contributed by atoms with Gasteiger partial charge in [0.05, 0.1) is 29.4 Å². The quantitative estimate of drug-likeness (QED) is 0.286. The summed E-state index contributed by atoms with van der Waals surface area (Å²) in [5.41, 5.74) is 12.2. The molecule has 3 unspecified atom stereocenters. The van der Waals surface area contributed by atoms with E-state index < -0.39 is 47.3 Å². The van der Waals surface area contributed by atoms with Crippen molar-refractivity contribution in [2.24, 2.45) is 11.7 Å². The van der Waals surface area contributed by atoms with E-state index in [1.807, 2.05) is 20.8 Å². The summed E-state index contributed by atoms with van der Waals surface area (Å²) >= 11 is 1.44. The van der Waals surface area contributed by atoms with Gasteiger partial charge in [-0.05, 0) is 56.8 Å². The van der Waals surface area contributed by atoms with Crippen LogP contribution in [0.5, 0.6) is 23.0 Å². The van der Waals surface area contributed by atoms with Gasteiger partial charge in [-0.15, -0.1) is 11.8 Å². The molecule has 2 fully saturated rings. The molecule has 0 spiro atoms.